The Morgan fingerprint density at radius 3 is 2.80 bits per heavy atom. The van der Waals surface area contributed by atoms with Crippen molar-refractivity contribution in [3.05, 3.63) is 35.5 Å². The highest BCUT2D eigenvalue weighted by molar-refractivity contribution is 5.89. The van der Waals surface area contributed by atoms with Crippen molar-refractivity contribution in [2.45, 2.75) is 38.4 Å². The number of hydrogen-bond donors (Lipinski definition) is 2. The number of halogens is 1. The monoisotopic (exact) mass is 347 g/mol. The van der Waals surface area contributed by atoms with Gasteiger partial charge in [0.2, 0.25) is 0 Å². The number of aromatic nitrogens is 3. The first-order valence-corrected chi connectivity index (χ1v) is 7.94. The lowest BCUT2D eigenvalue weighted by atomic mass is 10.0. The molecule has 0 aliphatic heterocycles. The molecule has 2 N–H and O–H groups in total. The van der Waals surface area contributed by atoms with Gasteiger partial charge in [0.25, 0.3) is 0 Å². The average Bonchev–Trinajstić information content (AvgIpc) is 3.15. The molecule has 0 amide bonds. The van der Waals surface area contributed by atoms with Gasteiger partial charge in [-0.25, -0.2) is 13.9 Å². The molecule has 0 saturated heterocycles. The summed E-state index contributed by atoms with van der Waals surface area (Å²) in [5, 5.41) is 26.1. The van der Waals surface area contributed by atoms with Gasteiger partial charge in [-0.1, -0.05) is 11.3 Å². The highest BCUT2D eigenvalue weighted by Crippen LogP contribution is 2.39. The first-order chi connectivity index (χ1) is 11.8. The van der Waals surface area contributed by atoms with Crippen molar-refractivity contribution in [1.29, 1.82) is 0 Å². The fourth-order valence-corrected chi connectivity index (χ4v) is 3.25. The number of hydrogen-bond acceptors (Lipinski definition) is 4. The van der Waals surface area contributed by atoms with E-state index in [1.54, 1.807) is 12.3 Å². The molecule has 0 unspecified atom stereocenters. The van der Waals surface area contributed by atoms with E-state index < -0.39 is 23.5 Å². The van der Waals surface area contributed by atoms with E-state index in [9.17, 15) is 14.0 Å². The Balaban J connectivity index is 1.81. The molecule has 1 heterocycles. The van der Waals surface area contributed by atoms with Crippen LogP contribution in [0.3, 0.4) is 0 Å². The van der Waals surface area contributed by atoms with E-state index in [0.29, 0.717) is 17.7 Å². The van der Waals surface area contributed by atoms with Crippen molar-refractivity contribution in [3.63, 3.8) is 0 Å². The van der Waals surface area contributed by atoms with Crippen LogP contribution in [0.15, 0.2) is 24.4 Å². The summed E-state index contributed by atoms with van der Waals surface area (Å²) >= 11 is 0. The molecule has 1 fully saturated rings. The third kappa shape index (κ3) is 3.52. The topological polar surface area (TPSA) is 105 Å². The Morgan fingerprint density at radius 2 is 2.16 bits per heavy atom. The van der Waals surface area contributed by atoms with Crippen LogP contribution in [0.4, 0.5) is 4.39 Å². The average molecular weight is 347 g/mol. The van der Waals surface area contributed by atoms with Gasteiger partial charge in [0.05, 0.1) is 24.2 Å². The first kappa shape index (κ1) is 17.1. The van der Waals surface area contributed by atoms with Gasteiger partial charge < -0.3 is 10.2 Å². The van der Waals surface area contributed by atoms with Gasteiger partial charge in [-0.05, 0) is 43.9 Å². The number of aryl methyl sites for hydroxylation is 1. The molecule has 0 bridgehead atoms. The van der Waals surface area contributed by atoms with E-state index in [2.05, 4.69) is 10.3 Å². The van der Waals surface area contributed by atoms with Crippen LogP contribution in [0.5, 0.6) is 0 Å². The summed E-state index contributed by atoms with van der Waals surface area (Å²) in [6.07, 6.45) is 2.01. The summed E-state index contributed by atoms with van der Waals surface area (Å²) in [4.78, 5) is 22.1. The molecule has 25 heavy (non-hydrogen) atoms. The number of aromatic carboxylic acids is 1. The number of rotatable bonds is 5. The third-order valence-corrected chi connectivity index (χ3v) is 4.65. The van der Waals surface area contributed by atoms with E-state index in [-0.39, 0.29) is 24.9 Å². The number of nitrogens with zero attached hydrogens (tertiary/aromatic N) is 3. The third-order valence-electron chi connectivity index (χ3n) is 4.65. The highest BCUT2D eigenvalue weighted by atomic mass is 19.1. The summed E-state index contributed by atoms with van der Waals surface area (Å²) in [5.74, 6) is -2.68. The molecule has 0 radical (unpaired) electrons. The summed E-state index contributed by atoms with van der Waals surface area (Å²) in [6.45, 7) is 1.76. The van der Waals surface area contributed by atoms with Crippen LogP contribution in [0.2, 0.25) is 0 Å². The Bertz CT molecular complexity index is 835. The zero-order valence-electron chi connectivity index (χ0n) is 13.6. The number of alkyl halides is 1. The predicted octanol–water partition coefficient (Wildman–Crippen LogP) is 2.54. The van der Waals surface area contributed by atoms with Crippen molar-refractivity contribution < 1.29 is 24.2 Å². The zero-order chi connectivity index (χ0) is 18.2. The predicted molar refractivity (Wildman–Crippen MR) is 86.0 cm³/mol. The maximum atomic E-state index is 14.8. The standard InChI is InChI=1S/C17H18FN3O4/c1-10-2-3-11(15(22)23)6-13(10)14-8-21(20-19-14)9-17(18)5-4-12(7-17)16(24)25/h2-3,6,8,12H,4-5,7,9H2,1H3,(H,22,23)(H,24,25)/t12-,17-/m1/s1. The van der Waals surface area contributed by atoms with E-state index in [1.807, 2.05) is 6.92 Å². The minimum absolute atomic E-state index is 0.0367. The second-order valence-electron chi connectivity index (χ2n) is 6.57. The molecule has 1 saturated carbocycles. The SMILES string of the molecule is Cc1ccc(C(=O)O)cc1-c1cn(C[C@@]2(F)CC[C@@H](C(=O)O)C2)nn1. The molecular formula is C17H18FN3O4. The van der Waals surface area contributed by atoms with E-state index in [4.69, 9.17) is 10.2 Å². The molecule has 1 aromatic heterocycles. The lowest BCUT2D eigenvalue weighted by Crippen LogP contribution is -2.27. The van der Waals surface area contributed by atoms with E-state index in [0.717, 1.165) is 5.56 Å². The lowest BCUT2D eigenvalue weighted by molar-refractivity contribution is -0.141. The molecule has 0 spiro atoms. The minimum Gasteiger partial charge on any atom is -0.481 e. The molecule has 132 valence electrons. The van der Waals surface area contributed by atoms with E-state index in [1.165, 1.54) is 16.8 Å². The van der Waals surface area contributed by atoms with Crippen molar-refractivity contribution in [1.82, 2.24) is 15.0 Å². The Morgan fingerprint density at radius 1 is 1.40 bits per heavy atom. The summed E-state index contributed by atoms with van der Waals surface area (Å²) in [7, 11) is 0. The zero-order valence-corrected chi connectivity index (χ0v) is 13.6. The van der Waals surface area contributed by atoms with Gasteiger partial charge in [-0.2, -0.15) is 0 Å². The Hall–Kier alpha value is -2.77. The van der Waals surface area contributed by atoms with Crippen LogP contribution in [0.25, 0.3) is 11.3 Å². The Kier molecular flexibility index (Phi) is 4.28. The van der Waals surface area contributed by atoms with E-state index >= 15 is 0 Å². The molecule has 1 aliphatic rings. The van der Waals surface area contributed by atoms with Gasteiger partial charge in [-0.15, -0.1) is 5.10 Å². The molecule has 1 aromatic carbocycles. The Labute approximate surface area is 143 Å². The first-order valence-electron chi connectivity index (χ1n) is 7.94. The maximum Gasteiger partial charge on any atom is 0.335 e. The van der Waals surface area contributed by atoms with Gasteiger partial charge in [-0.3, -0.25) is 4.79 Å². The quantitative estimate of drug-likeness (QED) is 0.861. The van der Waals surface area contributed by atoms with Crippen LogP contribution in [-0.4, -0.2) is 42.8 Å². The molecule has 3 rings (SSSR count). The number of carboxylic acids is 2. The summed E-state index contributed by atoms with van der Waals surface area (Å²) < 4.78 is 16.2. The van der Waals surface area contributed by atoms with Crippen molar-refractivity contribution in [2.75, 3.05) is 0 Å². The van der Waals surface area contributed by atoms with Crippen LogP contribution in [-0.2, 0) is 11.3 Å². The fraction of sp³-hybridized carbons (Fsp3) is 0.412. The second-order valence-corrected chi connectivity index (χ2v) is 6.57. The van der Waals surface area contributed by atoms with Gasteiger partial charge in [0.1, 0.15) is 11.4 Å². The van der Waals surface area contributed by atoms with Crippen molar-refractivity contribution >= 4 is 11.9 Å². The number of aliphatic carboxylic acids is 1. The van der Waals surface area contributed by atoms with Gasteiger partial charge in [0, 0.05) is 5.56 Å². The molecular weight excluding hydrogens is 329 g/mol. The van der Waals surface area contributed by atoms with Crippen molar-refractivity contribution in [3.8, 4) is 11.3 Å². The summed E-state index contributed by atoms with van der Waals surface area (Å²) in [6, 6.07) is 4.70. The van der Waals surface area contributed by atoms with Crippen LogP contribution in [0.1, 0.15) is 35.2 Å². The van der Waals surface area contributed by atoms with Gasteiger partial charge >= 0.3 is 11.9 Å². The van der Waals surface area contributed by atoms with Crippen molar-refractivity contribution in [2.24, 2.45) is 5.92 Å². The van der Waals surface area contributed by atoms with Crippen LogP contribution >= 0.6 is 0 Å². The highest BCUT2D eigenvalue weighted by Gasteiger charge is 2.43. The number of carboxylic acid groups (broad SMARTS) is 2. The van der Waals surface area contributed by atoms with Crippen LogP contribution in [0, 0.1) is 12.8 Å². The van der Waals surface area contributed by atoms with Gasteiger partial charge in [0.15, 0.2) is 0 Å². The minimum atomic E-state index is -1.62. The van der Waals surface area contributed by atoms with Crippen LogP contribution < -0.4 is 0 Å². The normalized spacial score (nSPS) is 22.9. The number of benzene rings is 1. The second kappa shape index (κ2) is 6.27. The molecule has 2 aromatic rings. The molecule has 1 aliphatic carbocycles. The molecule has 8 heteroatoms. The molecule has 7 nitrogen and oxygen atoms in total. The lowest BCUT2D eigenvalue weighted by Gasteiger charge is -2.18. The summed E-state index contributed by atoms with van der Waals surface area (Å²) in [5.41, 5.74) is 0.424. The maximum absolute atomic E-state index is 14.8. The molecule has 2 atom stereocenters. The largest absolute Gasteiger partial charge is 0.481 e. The smallest absolute Gasteiger partial charge is 0.335 e. The number of carbonyl (C=O) groups is 2. The fourth-order valence-electron chi connectivity index (χ4n) is 3.25.